The summed E-state index contributed by atoms with van der Waals surface area (Å²) < 4.78 is 5.21. The van der Waals surface area contributed by atoms with Gasteiger partial charge < -0.3 is 16.2 Å². The molecule has 0 heterocycles. The number of rotatable bonds is 3. The maximum atomic E-state index is 11.0. The van der Waals surface area contributed by atoms with Gasteiger partial charge in [-0.2, -0.15) is 0 Å². The monoisotopic (exact) mass is 236 g/mol. The SMILES string of the molecule is COc1c(N)cc(C(C)(C)C)cc1CC(N)=O. The summed E-state index contributed by atoms with van der Waals surface area (Å²) in [4.78, 5) is 11.0. The molecule has 0 atom stereocenters. The third kappa shape index (κ3) is 3.12. The van der Waals surface area contributed by atoms with Crippen LogP contribution in [0.15, 0.2) is 12.1 Å². The fourth-order valence-corrected chi connectivity index (χ4v) is 1.71. The zero-order valence-electron chi connectivity index (χ0n) is 10.8. The van der Waals surface area contributed by atoms with Crippen LogP contribution in [0.4, 0.5) is 5.69 Å². The van der Waals surface area contributed by atoms with E-state index in [4.69, 9.17) is 16.2 Å². The lowest BCUT2D eigenvalue weighted by Gasteiger charge is -2.22. The number of benzene rings is 1. The van der Waals surface area contributed by atoms with E-state index in [1.165, 1.54) is 7.11 Å². The first kappa shape index (κ1) is 13.4. The van der Waals surface area contributed by atoms with E-state index >= 15 is 0 Å². The van der Waals surface area contributed by atoms with Crippen LogP contribution < -0.4 is 16.2 Å². The zero-order valence-corrected chi connectivity index (χ0v) is 10.8. The quantitative estimate of drug-likeness (QED) is 0.782. The first-order valence-corrected chi connectivity index (χ1v) is 5.51. The highest BCUT2D eigenvalue weighted by Crippen LogP contribution is 2.33. The lowest BCUT2D eigenvalue weighted by Crippen LogP contribution is -2.17. The summed E-state index contributed by atoms with van der Waals surface area (Å²) in [7, 11) is 1.53. The molecule has 94 valence electrons. The minimum absolute atomic E-state index is 0.0349. The molecule has 0 spiro atoms. The van der Waals surface area contributed by atoms with Crippen LogP contribution in [0.2, 0.25) is 0 Å². The first-order chi connectivity index (χ1) is 7.75. The predicted molar refractivity (Wildman–Crippen MR) is 69.0 cm³/mol. The molecule has 4 heteroatoms. The average molecular weight is 236 g/mol. The summed E-state index contributed by atoms with van der Waals surface area (Å²) in [6.45, 7) is 6.26. The molecule has 4 N–H and O–H groups in total. The summed E-state index contributed by atoms with van der Waals surface area (Å²) in [5.41, 5.74) is 13.5. The number of hydrogen-bond donors (Lipinski definition) is 2. The molecule has 0 bridgehead atoms. The Labute approximate surface area is 102 Å². The molecule has 0 fully saturated rings. The smallest absolute Gasteiger partial charge is 0.221 e. The van der Waals surface area contributed by atoms with Crippen molar-refractivity contribution in [3.8, 4) is 5.75 Å². The Bertz CT molecular complexity index is 434. The molecule has 0 saturated heterocycles. The third-order valence-electron chi connectivity index (χ3n) is 2.63. The van der Waals surface area contributed by atoms with Gasteiger partial charge in [-0.25, -0.2) is 0 Å². The summed E-state index contributed by atoms with van der Waals surface area (Å²) in [5, 5.41) is 0. The molecular formula is C13H20N2O2. The van der Waals surface area contributed by atoms with E-state index in [-0.39, 0.29) is 11.8 Å². The maximum Gasteiger partial charge on any atom is 0.221 e. The van der Waals surface area contributed by atoms with Crippen molar-refractivity contribution in [1.29, 1.82) is 0 Å². The number of nitrogen functional groups attached to an aromatic ring is 1. The molecule has 0 radical (unpaired) electrons. The number of methoxy groups -OCH3 is 1. The van der Waals surface area contributed by atoms with E-state index in [0.717, 1.165) is 11.1 Å². The van der Waals surface area contributed by atoms with Crippen molar-refractivity contribution >= 4 is 11.6 Å². The van der Waals surface area contributed by atoms with Gasteiger partial charge in [0, 0.05) is 5.56 Å². The maximum absolute atomic E-state index is 11.0. The Morgan fingerprint density at radius 3 is 2.35 bits per heavy atom. The summed E-state index contributed by atoms with van der Waals surface area (Å²) >= 11 is 0. The number of carbonyl (C=O) groups is 1. The van der Waals surface area contributed by atoms with E-state index in [1.807, 2.05) is 12.1 Å². The van der Waals surface area contributed by atoms with E-state index in [1.54, 1.807) is 0 Å². The molecule has 4 nitrogen and oxygen atoms in total. The largest absolute Gasteiger partial charge is 0.494 e. The van der Waals surface area contributed by atoms with Gasteiger partial charge in [0.15, 0.2) is 0 Å². The number of hydrogen-bond acceptors (Lipinski definition) is 3. The molecule has 0 aliphatic heterocycles. The number of anilines is 1. The van der Waals surface area contributed by atoms with Gasteiger partial charge in [0.1, 0.15) is 5.75 Å². The minimum Gasteiger partial charge on any atom is -0.494 e. The van der Waals surface area contributed by atoms with Gasteiger partial charge in [-0.1, -0.05) is 26.8 Å². The number of carbonyl (C=O) groups excluding carboxylic acids is 1. The van der Waals surface area contributed by atoms with E-state index in [2.05, 4.69) is 20.8 Å². The van der Waals surface area contributed by atoms with Gasteiger partial charge in [0.05, 0.1) is 19.2 Å². The van der Waals surface area contributed by atoms with Crippen LogP contribution in [0.1, 0.15) is 31.9 Å². The van der Waals surface area contributed by atoms with Crippen molar-refractivity contribution in [3.63, 3.8) is 0 Å². The second-order valence-electron chi connectivity index (χ2n) is 5.15. The summed E-state index contributed by atoms with van der Waals surface area (Å²) in [6.07, 6.45) is 0.136. The molecule has 0 aliphatic carbocycles. The standard InChI is InChI=1S/C13H20N2O2/c1-13(2,3)9-5-8(6-11(15)16)12(17-4)10(14)7-9/h5,7H,6,14H2,1-4H3,(H2,15,16). The van der Waals surface area contributed by atoms with Crippen molar-refractivity contribution in [1.82, 2.24) is 0 Å². The molecule has 0 saturated carbocycles. The summed E-state index contributed by atoms with van der Waals surface area (Å²) in [5.74, 6) is 0.144. The Kier molecular flexibility index (Phi) is 3.66. The van der Waals surface area contributed by atoms with Crippen LogP contribution in [0.25, 0.3) is 0 Å². The van der Waals surface area contributed by atoms with Gasteiger partial charge in [-0.3, -0.25) is 4.79 Å². The lowest BCUT2D eigenvalue weighted by atomic mass is 9.85. The second-order valence-corrected chi connectivity index (χ2v) is 5.15. The molecule has 1 amide bonds. The van der Waals surface area contributed by atoms with Gasteiger partial charge in [0.25, 0.3) is 0 Å². The van der Waals surface area contributed by atoms with E-state index in [9.17, 15) is 4.79 Å². The molecule has 1 aromatic carbocycles. The molecule has 0 unspecified atom stereocenters. The molecule has 17 heavy (non-hydrogen) atoms. The van der Waals surface area contributed by atoms with Crippen molar-refractivity contribution < 1.29 is 9.53 Å². The van der Waals surface area contributed by atoms with Crippen LogP contribution in [0.3, 0.4) is 0 Å². The fraction of sp³-hybridized carbons (Fsp3) is 0.462. The van der Waals surface area contributed by atoms with E-state index < -0.39 is 5.91 Å². The van der Waals surface area contributed by atoms with Crippen molar-refractivity contribution in [2.24, 2.45) is 5.73 Å². The van der Waals surface area contributed by atoms with E-state index in [0.29, 0.717) is 11.4 Å². The number of nitrogens with two attached hydrogens (primary N) is 2. The minimum atomic E-state index is -0.395. The van der Waals surface area contributed by atoms with Crippen molar-refractivity contribution in [2.75, 3.05) is 12.8 Å². The van der Waals surface area contributed by atoms with Crippen molar-refractivity contribution in [2.45, 2.75) is 32.6 Å². The average Bonchev–Trinajstić information content (AvgIpc) is 2.14. The van der Waals surface area contributed by atoms with Gasteiger partial charge in [-0.15, -0.1) is 0 Å². The van der Waals surface area contributed by atoms with Crippen LogP contribution in [-0.4, -0.2) is 13.0 Å². The number of amides is 1. The van der Waals surface area contributed by atoms with Crippen LogP contribution in [-0.2, 0) is 16.6 Å². The van der Waals surface area contributed by atoms with Crippen LogP contribution in [0, 0.1) is 0 Å². The lowest BCUT2D eigenvalue weighted by molar-refractivity contribution is -0.117. The molecule has 0 aliphatic rings. The highest BCUT2D eigenvalue weighted by Gasteiger charge is 2.19. The second kappa shape index (κ2) is 4.65. The Morgan fingerprint density at radius 2 is 1.94 bits per heavy atom. The van der Waals surface area contributed by atoms with Gasteiger partial charge in [-0.05, 0) is 17.0 Å². The first-order valence-electron chi connectivity index (χ1n) is 5.51. The number of ether oxygens (including phenoxy) is 1. The molecule has 1 rings (SSSR count). The highest BCUT2D eigenvalue weighted by molar-refractivity contribution is 5.79. The summed E-state index contributed by atoms with van der Waals surface area (Å²) in [6, 6.07) is 3.81. The topological polar surface area (TPSA) is 78.3 Å². The van der Waals surface area contributed by atoms with Gasteiger partial charge >= 0.3 is 0 Å². The third-order valence-corrected chi connectivity index (χ3v) is 2.63. The normalized spacial score (nSPS) is 11.3. The molecule has 1 aromatic rings. The van der Waals surface area contributed by atoms with Crippen LogP contribution >= 0.6 is 0 Å². The fourth-order valence-electron chi connectivity index (χ4n) is 1.71. The highest BCUT2D eigenvalue weighted by atomic mass is 16.5. The Morgan fingerprint density at radius 1 is 1.35 bits per heavy atom. The van der Waals surface area contributed by atoms with Gasteiger partial charge in [0.2, 0.25) is 5.91 Å². The molecular weight excluding hydrogens is 216 g/mol. The van der Waals surface area contributed by atoms with Crippen LogP contribution in [0.5, 0.6) is 5.75 Å². The Hall–Kier alpha value is -1.71. The van der Waals surface area contributed by atoms with Crippen molar-refractivity contribution in [3.05, 3.63) is 23.3 Å². The molecule has 0 aromatic heterocycles. The zero-order chi connectivity index (χ0) is 13.2. The predicted octanol–water partition coefficient (Wildman–Crippen LogP) is 1.60. The number of primary amides is 1. The Balaban J connectivity index is 3.33.